The summed E-state index contributed by atoms with van der Waals surface area (Å²) in [7, 11) is -3.58. The number of aromatic nitrogens is 4. The molecule has 0 aliphatic carbocycles. The van der Waals surface area contributed by atoms with Gasteiger partial charge in [0.25, 0.3) is 0 Å². The molecule has 0 unspecified atom stereocenters. The Hall–Kier alpha value is -2.58. The van der Waals surface area contributed by atoms with E-state index in [1.54, 1.807) is 28.8 Å². The molecule has 1 aromatic carbocycles. The molecular formula is C22H25N5O2S. The van der Waals surface area contributed by atoms with Crippen LogP contribution in [0.5, 0.6) is 0 Å². The first-order valence-corrected chi connectivity index (χ1v) is 11.8. The lowest BCUT2D eigenvalue weighted by molar-refractivity contribution is 0.316. The van der Waals surface area contributed by atoms with Gasteiger partial charge in [-0.3, -0.25) is 4.98 Å². The highest BCUT2D eigenvalue weighted by Crippen LogP contribution is 2.37. The molecule has 1 fully saturated rings. The molecule has 2 aliphatic rings. The van der Waals surface area contributed by atoms with Crippen LogP contribution < -0.4 is 0 Å². The summed E-state index contributed by atoms with van der Waals surface area (Å²) in [6.07, 6.45) is 5.77. The second-order valence-corrected chi connectivity index (χ2v) is 10.3. The van der Waals surface area contributed by atoms with E-state index in [1.807, 2.05) is 24.3 Å². The van der Waals surface area contributed by atoms with Crippen molar-refractivity contribution < 1.29 is 8.42 Å². The van der Waals surface area contributed by atoms with Gasteiger partial charge < -0.3 is 4.57 Å². The molecule has 0 N–H and O–H groups in total. The van der Waals surface area contributed by atoms with Crippen LogP contribution in [0.4, 0.5) is 0 Å². The van der Waals surface area contributed by atoms with Gasteiger partial charge in [0.15, 0.2) is 5.82 Å². The van der Waals surface area contributed by atoms with Crippen LogP contribution in [0, 0.1) is 0 Å². The van der Waals surface area contributed by atoms with E-state index in [2.05, 4.69) is 33.6 Å². The third kappa shape index (κ3) is 3.15. The van der Waals surface area contributed by atoms with E-state index in [4.69, 9.17) is 0 Å². The molecule has 7 nitrogen and oxygen atoms in total. The average Bonchev–Trinajstić information content (AvgIpc) is 3.28. The third-order valence-corrected chi connectivity index (χ3v) is 8.25. The topological polar surface area (TPSA) is 81.0 Å². The van der Waals surface area contributed by atoms with E-state index >= 15 is 0 Å². The van der Waals surface area contributed by atoms with Gasteiger partial charge in [-0.1, -0.05) is 26.0 Å². The molecule has 3 aromatic rings. The summed E-state index contributed by atoms with van der Waals surface area (Å²) >= 11 is 0. The molecular weight excluding hydrogens is 398 g/mol. The zero-order valence-corrected chi connectivity index (χ0v) is 18.0. The molecule has 0 spiro atoms. The highest BCUT2D eigenvalue weighted by Gasteiger charge is 2.45. The van der Waals surface area contributed by atoms with Gasteiger partial charge in [-0.15, -0.1) is 10.2 Å². The lowest BCUT2D eigenvalue weighted by Gasteiger charge is -2.27. The Morgan fingerprint density at radius 2 is 1.80 bits per heavy atom. The number of sulfonamides is 1. The lowest BCUT2D eigenvalue weighted by atomic mass is 10.0. The van der Waals surface area contributed by atoms with Gasteiger partial charge in [-0.05, 0) is 48.6 Å². The Labute approximate surface area is 176 Å². The van der Waals surface area contributed by atoms with Crippen molar-refractivity contribution in [3.05, 3.63) is 60.2 Å². The smallest absolute Gasteiger partial charge is 0.243 e. The van der Waals surface area contributed by atoms with E-state index in [0.717, 1.165) is 35.6 Å². The molecule has 0 saturated carbocycles. The molecule has 2 aliphatic heterocycles. The average molecular weight is 424 g/mol. The zero-order chi connectivity index (χ0) is 20.9. The van der Waals surface area contributed by atoms with Gasteiger partial charge in [-0.2, -0.15) is 4.31 Å². The number of fused-ring (bicyclic) bond motifs is 3. The molecule has 30 heavy (non-hydrogen) atoms. The summed E-state index contributed by atoms with van der Waals surface area (Å²) in [5, 5.41) is 8.78. The Morgan fingerprint density at radius 1 is 1.03 bits per heavy atom. The van der Waals surface area contributed by atoms with Crippen LogP contribution in [-0.4, -0.2) is 44.6 Å². The monoisotopic (exact) mass is 423 g/mol. The van der Waals surface area contributed by atoms with Crippen LogP contribution in [0.15, 0.2) is 53.7 Å². The van der Waals surface area contributed by atoms with Gasteiger partial charge in [0, 0.05) is 43.0 Å². The molecule has 5 rings (SSSR count). The quantitative estimate of drug-likeness (QED) is 0.643. The van der Waals surface area contributed by atoms with Crippen LogP contribution in [0.3, 0.4) is 0 Å². The van der Waals surface area contributed by atoms with E-state index in [-0.39, 0.29) is 12.1 Å². The number of benzene rings is 1. The van der Waals surface area contributed by atoms with Gasteiger partial charge in [0.2, 0.25) is 10.0 Å². The van der Waals surface area contributed by atoms with Gasteiger partial charge in [-0.25, -0.2) is 8.42 Å². The maximum absolute atomic E-state index is 13.6. The van der Waals surface area contributed by atoms with Crippen molar-refractivity contribution in [1.29, 1.82) is 0 Å². The number of hydrogen-bond acceptors (Lipinski definition) is 5. The molecule has 2 aromatic heterocycles. The highest BCUT2D eigenvalue weighted by atomic mass is 32.2. The Balaban J connectivity index is 1.49. The van der Waals surface area contributed by atoms with Crippen LogP contribution in [0.1, 0.15) is 44.0 Å². The SMILES string of the molecule is CC(C)c1ccc(S(=O)(=O)N2[C@@H]3CC[C@H]2Cc2nnc(-c4cccnc4)n2C3)cc1. The van der Waals surface area contributed by atoms with Crippen molar-refractivity contribution in [3.8, 4) is 11.4 Å². The van der Waals surface area contributed by atoms with Gasteiger partial charge in [0.1, 0.15) is 5.82 Å². The first-order valence-electron chi connectivity index (χ1n) is 10.4. The van der Waals surface area contributed by atoms with Crippen LogP contribution in [0.25, 0.3) is 11.4 Å². The Kier molecular flexibility index (Phi) is 4.71. The first kappa shape index (κ1) is 19.4. The molecule has 0 amide bonds. The first-order chi connectivity index (χ1) is 14.4. The van der Waals surface area contributed by atoms with Crippen molar-refractivity contribution in [3.63, 3.8) is 0 Å². The van der Waals surface area contributed by atoms with Crippen molar-refractivity contribution in [2.24, 2.45) is 0 Å². The minimum absolute atomic E-state index is 0.0861. The molecule has 2 bridgehead atoms. The fourth-order valence-corrected chi connectivity index (χ4v) is 6.51. The standard InChI is InChI=1S/C22H25N5O2S/c1-15(2)16-5-9-20(10-6-16)30(28,29)27-18-7-8-19(27)14-26-21(12-18)24-25-22(26)17-4-3-11-23-13-17/h3-6,9-11,13,15,18-19H,7-8,12,14H2,1-2H3/t18-,19+/m0/s1. The van der Waals surface area contributed by atoms with E-state index in [0.29, 0.717) is 23.8 Å². The van der Waals surface area contributed by atoms with Gasteiger partial charge in [0.05, 0.1) is 4.90 Å². The van der Waals surface area contributed by atoms with E-state index < -0.39 is 10.0 Å². The third-order valence-electron chi connectivity index (χ3n) is 6.23. The maximum atomic E-state index is 13.6. The second kappa shape index (κ2) is 7.28. The molecule has 1 saturated heterocycles. The minimum Gasteiger partial charge on any atom is -0.309 e. The maximum Gasteiger partial charge on any atom is 0.243 e. The fraction of sp³-hybridized carbons (Fsp3) is 0.409. The molecule has 156 valence electrons. The summed E-state index contributed by atoms with van der Waals surface area (Å²) in [6.45, 7) is 4.77. The van der Waals surface area contributed by atoms with Crippen LogP contribution in [0.2, 0.25) is 0 Å². The summed E-state index contributed by atoms with van der Waals surface area (Å²) in [4.78, 5) is 4.56. The second-order valence-electron chi connectivity index (χ2n) is 8.44. The molecule has 4 heterocycles. The van der Waals surface area contributed by atoms with Crippen molar-refractivity contribution >= 4 is 10.0 Å². The van der Waals surface area contributed by atoms with Crippen LogP contribution in [-0.2, 0) is 23.0 Å². The summed E-state index contributed by atoms with van der Waals surface area (Å²) in [5.74, 6) is 1.96. The summed E-state index contributed by atoms with van der Waals surface area (Å²) < 4.78 is 31.0. The summed E-state index contributed by atoms with van der Waals surface area (Å²) in [5.41, 5.74) is 2.04. The zero-order valence-electron chi connectivity index (χ0n) is 17.1. The van der Waals surface area contributed by atoms with Crippen molar-refractivity contribution in [2.45, 2.75) is 62.6 Å². The fourth-order valence-electron chi connectivity index (χ4n) is 4.65. The molecule has 2 atom stereocenters. The Morgan fingerprint density at radius 3 is 2.50 bits per heavy atom. The predicted octanol–water partition coefficient (Wildman–Crippen LogP) is 3.24. The lowest BCUT2D eigenvalue weighted by Crippen LogP contribution is -2.42. The number of rotatable bonds is 4. The predicted molar refractivity (Wildman–Crippen MR) is 113 cm³/mol. The van der Waals surface area contributed by atoms with E-state index in [9.17, 15) is 8.42 Å². The number of hydrogen-bond donors (Lipinski definition) is 0. The summed E-state index contributed by atoms with van der Waals surface area (Å²) in [6, 6.07) is 11.0. The van der Waals surface area contributed by atoms with Crippen molar-refractivity contribution in [1.82, 2.24) is 24.1 Å². The van der Waals surface area contributed by atoms with Crippen LogP contribution >= 0.6 is 0 Å². The van der Waals surface area contributed by atoms with Gasteiger partial charge >= 0.3 is 0 Å². The highest BCUT2D eigenvalue weighted by molar-refractivity contribution is 7.89. The number of nitrogens with zero attached hydrogens (tertiary/aromatic N) is 5. The normalized spacial score (nSPS) is 21.6. The molecule has 8 heteroatoms. The minimum atomic E-state index is -3.58. The Bertz CT molecular complexity index is 1160. The van der Waals surface area contributed by atoms with E-state index in [1.165, 1.54) is 0 Å². The van der Waals surface area contributed by atoms with Crippen molar-refractivity contribution in [2.75, 3.05) is 0 Å². The number of pyridine rings is 1. The largest absolute Gasteiger partial charge is 0.309 e. The molecule has 0 radical (unpaired) electrons.